The fraction of sp³-hybridized carbons (Fsp3) is 0.476. The maximum Gasteiger partial charge on any atom is 0.344 e. The van der Waals surface area contributed by atoms with E-state index in [0.717, 1.165) is 6.26 Å². The molecule has 1 aromatic heterocycles. The van der Waals surface area contributed by atoms with Crippen molar-refractivity contribution in [3.63, 3.8) is 0 Å². The van der Waals surface area contributed by atoms with Crippen molar-refractivity contribution in [2.24, 2.45) is 7.05 Å². The van der Waals surface area contributed by atoms with Gasteiger partial charge in [-0.1, -0.05) is 11.6 Å². The number of carbonyl (C=O) groups is 2. The number of carbonyl (C=O) groups excluding carboxylic acids is 2. The molecule has 0 atom stereocenters. The Morgan fingerprint density at radius 1 is 1.22 bits per heavy atom. The highest BCUT2D eigenvalue weighted by atomic mass is 35.5. The van der Waals surface area contributed by atoms with Gasteiger partial charge >= 0.3 is 5.97 Å². The van der Waals surface area contributed by atoms with E-state index in [9.17, 15) is 18.0 Å². The molecule has 0 bridgehead atoms. The fourth-order valence-electron chi connectivity index (χ4n) is 3.39. The summed E-state index contributed by atoms with van der Waals surface area (Å²) in [5, 5.41) is 4.27. The van der Waals surface area contributed by atoms with Crippen LogP contribution in [0.15, 0.2) is 11.0 Å². The normalized spacial score (nSPS) is 11.7. The first-order valence-corrected chi connectivity index (χ1v) is 12.0. The third kappa shape index (κ3) is 5.67. The molecule has 0 aliphatic carbocycles. The number of sulfone groups is 1. The minimum absolute atomic E-state index is 0.0401. The predicted molar refractivity (Wildman–Crippen MR) is 120 cm³/mol. The van der Waals surface area contributed by atoms with E-state index in [1.807, 2.05) is 19.0 Å². The molecule has 0 N–H and O–H groups in total. The Kier molecular flexibility index (Phi) is 8.08. The van der Waals surface area contributed by atoms with Crippen molar-refractivity contribution >= 4 is 33.2 Å². The van der Waals surface area contributed by atoms with Crippen LogP contribution < -0.4 is 4.74 Å². The average Bonchev–Trinajstić information content (AvgIpc) is 2.94. The lowest BCUT2D eigenvalue weighted by Crippen LogP contribution is -2.23. The summed E-state index contributed by atoms with van der Waals surface area (Å²) >= 11 is 6.41. The molecular weight excluding hydrogens is 458 g/mol. The van der Waals surface area contributed by atoms with Gasteiger partial charge in [0.1, 0.15) is 12.2 Å². The average molecular weight is 486 g/mol. The molecule has 0 saturated carbocycles. The van der Waals surface area contributed by atoms with Gasteiger partial charge in [0.2, 0.25) is 11.7 Å². The molecule has 2 aromatic rings. The van der Waals surface area contributed by atoms with Gasteiger partial charge in [0.05, 0.1) is 15.6 Å². The van der Waals surface area contributed by atoms with Crippen molar-refractivity contribution in [1.82, 2.24) is 14.7 Å². The van der Waals surface area contributed by atoms with Crippen LogP contribution in [-0.2, 0) is 26.4 Å². The molecule has 0 radical (unpaired) electrons. The number of halogens is 1. The fourth-order valence-corrected chi connectivity index (χ4v) is 4.98. The maximum absolute atomic E-state index is 13.4. The number of nitrogens with zero attached hydrogens (tertiary/aromatic N) is 3. The van der Waals surface area contributed by atoms with Crippen LogP contribution in [0, 0.1) is 20.8 Å². The van der Waals surface area contributed by atoms with Gasteiger partial charge in [0.25, 0.3) is 0 Å². The molecule has 0 saturated heterocycles. The van der Waals surface area contributed by atoms with Crippen LogP contribution in [0.5, 0.6) is 5.88 Å². The number of ether oxygens (including phenoxy) is 2. The monoisotopic (exact) mass is 485 g/mol. The van der Waals surface area contributed by atoms with Crippen molar-refractivity contribution < 1.29 is 27.5 Å². The number of aromatic nitrogens is 2. The zero-order valence-corrected chi connectivity index (χ0v) is 20.8. The molecule has 0 fully saturated rings. The SMILES string of the molecule is Cc1cc(C(=O)c2c(C)nn(C)c2OCC(=O)OCCN(C)C)c(Cl)c(C)c1S(C)(=O)=O. The first-order chi connectivity index (χ1) is 14.8. The Bertz CT molecular complexity index is 1160. The van der Waals surface area contributed by atoms with Gasteiger partial charge in [0.15, 0.2) is 16.4 Å². The largest absolute Gasteiger partial charge is 0.465 e. The van der Waals surface area contributed by atoms with Crippen LogP contribution in [0.3, 0.4) is 0 Å². The Balaban J connectivity index is 2.37. The Morgan fingerprint density at radius 3 is 2.41 bits per heavy atom. The van der Waals surface area contributed by atoms with Crippen molar-refractivity contribution in [2.75, 3.05) is 40.1 Å². The number of hydrogen-bond donors (Lipinski definition) is 0. The third-order valence-corrected chi connectivity index (χ3v) is 6.62. The van der Waals surface area contributed by atoms with Crippen molar-refractivity contribution in [3.8, 4) is 5.88 Å². The molecule has 1 aromatic carbocycles. The summed E-state index contributed by atoms with van der Waals surface area (Å²) in [7, 11) is 1.77. The summed E-state index contributed by atoms with van der Waals surface area (Å²) < 4.78 is 36.3. The number of esters is 1. The topological polar surface area (TPSA) is 108 Å². The highest BCUT2D eigenvalue weighted by molar-refractivity contribution is 7.90. The quantitative estimate of drug-likeness (QED) is 0.392. The van der Waals surface area contributed by atoms with Gasteiger partial charge in [-0.2, -0.15) is 5.10 Å². The molecule has 32 heavy (non-hydrogen) atoms. The number of aryl methyl sites for hydroxylation is 3. The molecule has 0 unspecified atom stereocenters. The smallest absolute Gasteiger partial charge is 0.344 e. The van der Waals surface area contributed by atoms with E-state index in [1.54, 1.807) is 27.8 Å². The second-order valence-electron chi connectivity index (χ2n) is 7.81. The van der Waals surface area contributed by atoms with E-state index in [2.05, 4.69) is 5.10 Å². The van der Waals surface area contributed by atoms with Gasteiger partial charge in [-0.25, -0.2) is 17.9 Å². The lowest BCUT2D eigenvalue weighted by molar-refractivity contribution is -0.146. The van der Waals surface area contributed by atoms with Crippen molar-refractivity contribution in [2.45, 2.75) is 25.7 Å². The molecule has 9 nitrogen and oxygen atoms in total. The summed E-state index contributed by atoms with van der Waals surface area (Å²) in [6.07, 6.45) is 1.09. The molecule has 176 valence electrons. The Hall–Kier alpha value is -2.43. The first kappa shape index (κ1) is 25.8. The molecule has 2 rings (SSSR count). The minimum Gasteiger partial charge on any atom is -0.465 e. The number of ketones is 1. The maximum atomic E-state index is 13.4. The van der Waals surface area contributed by atoms with Gasteiger partial charge in [0, 0.05) is 25.4 Å². The highest BCUT2D eigenvalue weighted by Crippen LogP contribution is 2.34. The van der Waals surface area contributed by atoms with E-state index in [-0.39, 0.29) is 33.5 Å². The molecule has 0 amide bonds. The number of likely N-dealkylation sites (N-methyl/N-ethyl adjacent to an activating group) is 1. The van der Waals surface area contributed by atoms with Crippen LogP contribution in [0.25, 0.3) is 0 Å². The predicted octanol–water partition coefficient (Wildman–Crippen LogP) is 2.12. The van der Waals surface area contributed by atoms with Crippen molar-refractivity contribution in [1.29, 1.82) is 0 Å². The van der Waals surface area contributed by atoms with Crippen LogP contribution in [0.4, 0.5) is 0 Å². The zero-order valence-electron chi connectivity index (χ0n) is 19.3. The molecule has 0 aliphatic heterocycles. The molecule has 0 aliphatic rings. The lowest BCUT2D eigenvalue weighted by atomic mass is 9.99. The number of hydrogen-bond acceptors (Lipinski definition) is 8. The number of rotatable bonds is 9. The van der Waals surface area contributed by atoms with Crippen LogP contribution in [-0.4, -0.2) is 75.0 Å². The van der Waals surface area contributed by atoms with E-state index in [1.165, 1.54) is 10.7 Å². The standard InChI is InChI=1S/C21H28ClN3O6S/c1-12-10-15(18(22)13(2)20(12)32(7,28)29)19(27)17-14(3)23-25(6)21(17)31-11-16(26)30-9-8-24(4)5/h10H,8-9,11H2,1-7H3. The van der Waals surface area contributed by atoms with Gasteiger partial charge in [-0.3, -0.25) is 4.79 Å². The highest BCUT2D eigenvalue weighted by Gasteiger charge is 2.28. The van der Waals surface area contributed by atoms with Gasteiger partial charge in [-0.05, 0) is 52.1 Å². The Morgan fingerprint density at radius 2 is 1.84 bits per heavy atom. The molecule has 1 heterocycles. The summed E-state index contributed by atoms with van der Waals surface area (Å²) in [6.45, 7) is 5.18. The molecule has 0 spiro atoms. The molecular formula is C21H28ClN3O6S. The van der Waals surface area contributed by atoms with Gasteiger partial charge < -0.3 is 14.4 Å². The van der Waals surface area contributed by atoms with Crippen LogP contribution in [0.1, 0.15) is 32.7 Å². The van der Waals surface area contributed by atoms with E-state index in [0.29, 0.717) is 23.4 Å². The first-order valence-electron chi connectivity index (χ1n) is 9.76. The number of benzene rings is 1. The Labute approximate surface area is 193 Å². The van der Waals surface area contributed by atoms with E-state index < -0.39 is 28.2 Å². The second-order valence-corrected chi connectivity index (χ2v) is 10.1. The van der Waals surface area contributed by atoms with Crippen molar-refractivity contribution in [3.05, 3.63) is 39.0 Å². The summed E-state index contributed by atoms with van der Waals surface area (Å²) in [6, 6.07) is 1.44. The summed E-state index contributed by atoms with van der Waals surface area (Å²) in [5.74, 6) is -0.968. The van der Waals surface area contributed by atoms with Gasteiger partial charge in [-0.15, -0.1) is 0 Å². The summed E-state index contributed by atoms with van der Waals surface area (Å²) in [5.41, 5.74) is 1.36. The van der Waals surface area contributed by atoms with E-state index in [4.69, 9.17) is 21.1 Å². The van der Waals surface area contributed by atoms with Crippen LogP contribution in [0.2, 0.25) is 5.02 Å². The lowest BCUT2D eigenvalue weighted by Gasteiger charge is -2.14. The minimum atomic E-state index is -3.53. The second kappa shape index (κ2) is 10.0. The molecule has 11 heteroatoms. The summed E-state index contributed by atoms with van der Waals surface area (Å²) in [4.78, 5) is 27.3. The van der Waals surface area contributed by atoms with E-state index >= 15 is 0 Å². The third-order valence-electron chi connectivity index (χ3n) is 4.77. The zero-order chi connectivity index (χ0) is 24.4. The van der Waals surface area contributed by atoms with Crippen LogP contribution >= 0.6 is 11.6 Å².